The zero-order valence-electron chi connectivity index (χ0n) is 9.53. The molecule has 2 nitrogen and oxygen atoms in total. The number of hydrogen-bond donors (Lipinski definition) is 1. The minimum atomic E-state index is -4.87. The Balaban J connectivity index is 2.66. The molecule has 19 heavy (non-hydrogen) atoms. The number of benzene rings is 1. The average molecular weight is 332 g/mol. The maximum atomic E-state index is 13.3. The molecule has 2 rings (SSSR count). The van der Waals surface area contributed by atoms with Gasteiger partial charge in [0.05, 0.1) is 5.69 Å². The van der Waals surface area contributed by atoms with Crippen LogP contribution < -0.4 is 0 Å². The first kappa shape index (κ1) is 14.0. The van der Waals surface area contributed by atoms with Gasteiger partial charge >= 0.3 is 6.18 Å². The molecule has 0 aliphatic heterocycles. The molecule has 0 fully saturated rings. The van der Waals surface area contributed by atoms with E-state index < -0.39 is 17.5 Å². The number of hydrogen-bond acceptors (Lipinski definition) is 2. The van der Waals surface area contributed by atoms with E-state index in [1.807, 2.05) is 0 Å². The fourth-order valence-electron chi connectivity index (χ4n) is 1.75. The van der Waals surface area contributed by atoms with Crippen LogP contribution in [0.25, 0.3) is 0 Å². The maximum Gasteiger partial charge on any atom is 0.427 e. The molecule has 0 saturated heterocycles. The van der Waals surface area contributed by atoms with Crippen molar-refractivity contribution in [3.8, 4) is 0 Å². The van der Waals surface area contributed by atoms with E-state index in [0.29, 0.717) is 4.47 Å². The molecule has 0 bridgehead atoms. The van der Waals surface area contributed by atoms with Gasteiger partial charge in [-0.2, -0.15) is 13.2 Å². The summed E-state index contributed by atoms with van der Waals surface area (Å²) in [7, 11) is 0. The lowest BCUT2D eigenvalue weighted by Crippen LogP contribution is -2.44. The second-order valence-electron chi connectivity index (χ2n) is 3.93. The number of rotatable bonds is 2. The number of nitrogens with zero attached hydrogens (tertiary/aromatic N) is 1. The van der Waals surface area contributed by atoms with Gasteiger partial charge in [-0.05, 0) is 29.8 Å². The number of halogens is 4. The van der Waals surface area contributed by atoms with Gasteiger partial charge in [0.2, 0.25) is 5.60 Å². The molecule has 0 radical (unpaired) electrons. The lowest BCUT2D eigenvalue weighted by molar-refractivity contribution is -0.249. The fourth-order valence-corrected chi connectivity index (χ4v) is 2.15. The largest absolute Gasteiger partial charge is 0.427 e. The molecule has 1 atom stereocenters. The Morgan fingerprint density at radius 3 is 2.32 bits per heavy atom. The second kappa shape index (κ2) is 4.94. The van der Waals surface area contributed by atoms with Crippen molar-refractivity contribution in [3.63, 3.8) is 0 Å². The highest BCUT2D eigenvalue weighted by atomic mass is 79.9. The first-order valence-corrected chi connectivity index (χ1v) is 6.11. The minimum Gasteiger partial charge on any atom is -0.371 e. The SMILES string of the molecule is OC(c1cccc(Br)c1)(c1ccccn1)C(F)(F)F. The number of pyridine rings is 1. The Hall–Kier alpha value is -1.40. The molecule has 0 spiro atoms. The monoisotopic (exact) mass is 331 g/mol. The number of aliphatic hydroxyl groups is 1. The summed E-state index contributed by atoms with van der Waals surface area (Å²) >= 11 is 3.10. The second-order valence-corrected chi connectivity index (χ2v) is 4.85. The summed E-state index contributed by atoms with van der Waals surface area (Å²) in [6, 6.07) is 9.49. The Bertz CT molecular complexity index is 574. The quantitative estimate of drug-likeness (QED) is 0.911. The smallest absolute Gasteiger partial charge is 0.371 e. The maximum absolute atomic E-state index is 13.3. The Labute approximate surface area is 116 Å². The van der Waals surface area contributed by atoms with Gasteiger partial charge in [-0.25, -0.2) is 0 Å². The van der Waals surface area contributed by atoms with Gasteiger partial charge in [-0.3, -0.25) is 4.98 Å². The van der Waals surface area contributed by atoms with Crippen LogP contribution >= 0.6 is 15.9 Å². The molecule has 0 amide bonds. The van der Waals surface area contributed by atoms with Crippen LogP contribution in [-0.2, 0) is 5.60 Å². The third kappa shape index (κ3) is 2.50. The average Bonchev–Trinajstić information content (AvgIpc) is 2.37. The molecule has 1 heterocycles. The topological polar surface area (TPSA) is 33.1 Å². The van der Waals surface area contributed by atoms with Gasteiger partial charge in [-0.15, -0.1) is 0 Å². The summed E-state index contributed by atoms with van der Waals surface area (Å²) in [5.74, 6) is 0. The van der Waals surface area contributed by atoms with E-state index in [0.717, 1.165) is 6.07 Å². The molecule has 0 saturated carbocycles. The van der Waals surface area contributed by atoms with E-state index in [2.05, 4.69) is 20.9 Å². The first-order chi connectivity index (χ1) is 8.85. The molecule has 100 valence electrons. The molecule has 1 aromatic heterocycles. The molecular formula is C13H9BrF3NO. The van der Waals surface area contributed by atoms with Crippen molar-refractivity contribution in [2.75, 3.05) is 0 Å². The zero-order chi connectivity index (χ0) is 14.1. The van der Waals surface area contributed by atoms with Gasteiger partial charge < -0.3 is 5.11 Å². The van der Waals surface area contributed by atoms with Crippen molar-refractivity contribution in [3.05, 3.63) is 64.4 Å². The molecular weight excluding hydrogens is 323 g/mol. The van der Waals surface area contributed by atoms with Gasteiger partial charge in [0.1, 0.15) is 0 Å². The van der Waals surface area contributed by atoms with Crippen molar-refractivity contribution in [2.24, 2.45) is 0 Å². The summed E-state index contributed by atoms with van der Waals surface area (Å²) in [5.41, 5.74) is -3.87. The summed E-state index contributed by atoms with van der Waals surface area (Å²) in [6.45, 7) is 0. The normalized spacial score (nSPS) is 15.0. The van der Waals surface area contributed by atoms with Crippen LogP contribution in [0.1, 0.15) is 11.3 Å². The third-order valence-electron chi connectivity index (χ3n) is 2.69. The van der Waals surface area contributed by atoms with Gasteiger partial charge in [0.25, 0.3) is 0 Å². The van der Waals surface area contributed by atoms with E-state index in [-0.39, 0.29) is 5.56 Å². The van der Waals surface area contributed by atoms with E-state index in [1.54, 1.807) is 6.07 Å². The minimum absolute atomic E-state index is 0.284. The lowest BCUT2D eigenvalue weighted by Gasteiger charge is -2.30. The van der Waals surface area contributed by atoms with Gasteiger partial charge in [0, 0.05) is 10.7 Å². The van der Waals surface area contributed by atoms with Crippen LogP contribution in [0, 0.1) is 0 Å². The zero-order valence-corrected chi connectivity index (χ0v) is 11.1. The Kier molecular flexibility index (Phi) is 3.64. The molecule has 1 aromatic carbocycles. The van der Waals surface area contributed by atoms with Crippen LogP contribution in [0.3, 0.4) is 0 Å². The molecule has 0 aliphatic rings. The van der Waals surface area contributed by atoms with Crippen LogP contribution in [-0.4, -0.2) is 16.3 Å². The first-order valence-electron chi connectivity index (χ1n) is 5.32. The van der Waals surface area contributed by atoms with E-state index in [1.165, 1.54) is 36.5 Å². The standard InChI is InChI=1S/C13H9BrF3NO/c14-10-5-3-4-9(8-10)12(19,13(15,16)17)11-6-1-2-7-18-11/h1-8,19H. The molecule has 2 aromatic rings. The lowest BCUT2D eigenvalue weighted by atomic mass is 9.89. The van der Waals surface area contributed by atoms with Crippen LogP contribution in [0.5, 0.6) is 0 Å². The summed E-state index contributed by atoms with van der Waals surface area (Å²) < 4.78 is 40.4. The predicted molar refractivity (Wildman–Crippen MR) is 67.4 cm³/mol. The van der Waals surface area contributed by atoms with E-state index in [4.69, 9.17) is 0 Å². The third-order valence-corrected chi connectivity index (χ3v) is 3.18. The number of aromatic nitrogens is 1. The highest BCUT2D eigenvalue weighted by Gasteiger charge is 2.57. The highest BCUT2D eigenvalue weighted by Crippen LogP contribution is 2.43. The van der Waals surface area contributed by atoms with Crippen LogP contribution in [0.15, 0.2) is 53.1 Å². The van der Waals surface area contributed by atoms with Crippen molar-refractivity contribution in [2.45, 2.75) is 11.8 Å². The molecule has 0 aliphatic carbocycles. The van der Waals surface area contributed by atoms with Crippen molar-refractivity contribution >= 4 is 15.9 Å². The Morgan fingerprint density at radius 2 is 1.79 bits per heavy atom. The molecule has 1 unspecified atom stereocenters. The van der Waals surface area contributed by atoms with Crippen molar-refractivity contribution in [1.82, 2.24) is 4.98 Å². The summed E-state index contributed by atoms with van der Waals surface area (Å²) in [4.78, 5) is 3.64. The predicted octanol–water partition coefficient (Wildman–Crippen LogP) is 3.64. The van der Waals surface area contributed by atoms with E-state index >= 15 is 0 Å². The van der Waals surface area contributed by atoms with Crippen molar-refractivity contribution < 1.29 is 18.3 Å². The van der Waals surface area contributed by atoms with Crippen molar-refractivity contribution in [1.29, 1.82) is 0 Å². The number of alkyl halides is 3. The summed E-state index contributed by atoms with van der Waals surface area (Å²) in [5, 5.41) is 10.2. The summed E-state index contributed by atoms with van der Waals surface area (Å²) in [6.07, 6.45) is -3.66. The highest BCUT2D eigenvalue weighted by molar-refractivity contribution is 9.10. The van der Waals surface area contributed by atoms with Gasteiger partial charge in [0.15, 0.2) is 0 Å². The van der Waals surface area contributed by atoms with Crippen LogP contribution in [0.2, 0.25) is 0 Å². The van der Waals surface area contributed by atoms with Crippen LogP contribution in [0.4, 0.5) is 13.2 Å². The van der Waals surface area contributed by atoms with E-state index in [9.17, 15) is 18.3 Å². The molecule has 1 N–H and O–H groups in total. The Morgan fingerprint density at radius 1 is 1.05 bits per heavy atom. The van der Waals surface area contributed by atoms with Gasteiger partial charge in [-0.1, -0.05) is 34.1 Å². The molecule has 6 heteroatoms. The fraction of sp³-hybridized carbons (Fsp3) is 0.154.